The van der Waals surface area contributed by atoms with E-state index < -0.39 is 12.5 Å². The van der Waals surface area contributed by atoms with Gasteiger partial charge in [-0.3, -0.25) is 4.79 Å². The number of alkyl halides is 2. The van der Waals surface area contributed by atoms with E-state index in [1.54, 1.807) is 18.2 Å². The molecule has 0 unspecified atom stereocenters. The lowest BCUT2D eigenvalue weighted by Crippen LogP contribution is -2.40. The smallest absolute Gasteiger partial charge is 0.387 e. The van der Waals surface area contributed by atoms with Crippen molar-refractivity contribution < 1.29 is 27.4 Å². The normalized spacial score (nSPS) is 18.0. The Hall–Kier alpha value is -3.56. The Balaban J connectivity index is 1.51. The first-order valence-corrected chi connectivity index (χ1v) is 10.1. The monoisotopic (exact) mass is 446 g/mol. The van der Waals surface area contributed by atoms with Gasteiger partial charge < -0.3 is 14.8 Å². The largest absolute Gasteiger partial charge is 0.493 e. The number of hydrogen-bond acceptors (Lipinski definition) is 5. The Bertz CT molecular complexity index is 1050. The predicted octanol–water partition coefficient (Wildman–Crippen LogP) is 3.99. The lowest BCUT2D eigenvalue weighted by Gasteiger charge is -2.22. The average Bonchev–Trinajstić information content (AvgIpc) is 3.45. The first kappa shape index (κ1) is 21.7. The van der Waals surface area contributed by atoms with Gasteiger partial charge in [-0.1, -0.05) is 12.5 Å². The number of ether oxygens (including phenoxy) is 2. The van der Waals surface area contributed by atoms with E-state index in [2.05, 4.69) is 20.3 Å². The van der Waals surface area contributed by atoms with Crippen molar-refractivity contribution in [2.24, 2.45) is 5.92 Å². The summed E-state index contributed by atoms with van der Waals surface area (Å²) in [7, 11) is 0. The molecule has 1 heterocycles. The van der Waals surface area contributed by atoms with Crippen LogP contribution in [-0.2, 0) is 0 Å². The summed E-state index contributed by atoms with van der Waals surface area (Å²) in [6.45, 7) is -2.76. The standard InChI is InChI=1S/C22H21F3N4O3/c23-15-7-9-16(10-8-15)31-13-14-3-1-4-17(14)28-21(30)20-18(29-26-11-12-27-29)5-2-6-19(20)32-22(24)25/h2,5-12,14,17,22H,1,3-4,13H2,(H,28,30)/t14-,17+/m1/s1. The molecule has 1 aliphatic carbocycles. The fourth-order valence-corrected chi connectivity index (χ4v) is 3.85. The molecular formula is C22H21F3N4O3. The van der Waals surface area contributed by atoms with Gasteiger partial charge in [0.05, 0.1) is 19.0 Å². The van der Waals surface area contributed by atoms with Gasteiger partial charge in [0.15, 0.2) is 0 Å². The number of aromatic nitrogens is 3. The second-order valence-corrected chi connectivity index (χ2v) is 7.38. The Morgan fingerprint density at radius 3 is 2.59 bits per heavy atom. The maximum atomic E-state index is 13.2. The molecule has 168 valence electrons. The molecule has 1 N–H and O–H groups in total. The molecule has 2 aromatic carbocycles. The molecule has 0 bridgehead atoms. The molecule has 1 aliphatic rings. The quantitative estimate of drug-likeness (QED) is 0.566. The lowest BCUT2D eigenvalue weighted by atomic mass is 10.0. The molecule has 3 aromatic rings. The summed E-state index contributed by atoms with van der Waals surface area (Å²) in [4.78, 5) is 14.4. The number of carbonyl (C=O) groups excluding carboxylic acids is 1. The summed E-state index contributed by atoms with van der Waals surface area (Å²) in [6.07, 6.45) is 5.26. The highest BCUT2D eigenvalue weighted by Crippen LogP contribution is 2.30. The van der Waals surface area contributed by atoms with Crippen LogP contribution in [0.25, 0.3) is 5.69 Å². The zero-order valence-electron chi connectivity index (χ0n) is 17.0. The van der Waals surface area contributed by atoms with Gasteiger partial charge in [0.25, 0.3) is 5.91 Å². The summed E-state index contributed by atoms with van der Waals surface area (Å²) in [5, 5.41) is 10.9. The maximum absolute atomic E-state index is 13.2. The molecule has 2 atom stereocenters. The van der Waals surface area contributed by atoms with E-state index >= 15 is 0 Å². The molecule has 10 heteroatoms. The summed E-state index contributed by atoms with van der Waals surface area (Å²) in [5.74, 6) is -0.628. The Labute approximate surface area is 182 Å². The minimum atomic E-state index is -3.09. The number of nitrogens with one attached hydrogen (secondary N) is 1. The predicted molar refractivity (Wildman–Crippen MR) is 108 cm³/mol. The first-order chi connectivity index (χ1) is 15.5. The Morgan fingerprint density at radius 2 is 1.88 bits per heavy atom. The van der Waals surface area contributed by atoms with Crippen molar-refractivity contribution in [3.8, 4) is 17.2 Å². The molecule has 0 spiro atoms. The number of amides is 1. The number of benzene rings is 2. The van der Waals surface area contributed by atoms with E-state index in [1.165, 1.54) is 41.5 Å². The van der Waals surface area contributed by atoms with Gasteiger partial charge in [0, 0.05) is 12.0 Å². The number of nitrogens with zero attached hydrogens (tertiary/aromatic N) is 3. The van der Waals surface area contributed by atoms with Gasteiger partial charge in [-0.15, -0.1) is 0 Å². The molecule has 0 radical (unpaired) electrons. The zero-order valence-corrected chi connectivity index (χ0v) is 17.0. The number of halogens is 3. The summed E-state index contributed by atoms with van der Waals surface area (Å²) in [5.41, 5.74) is 0.150. The molecule has 0 saturated heterocycles. The SMILES string of the molecule is O=C(N[C@H]1CCC[C@@H]1COc1ccc(F)cc1)c1c(OC(F)F)cccc1-n1nccn1. The van der Waals surface area contributed by atoms with Crippen LogP contribution in [0.3, 0.4) is 0 Å². The van der Waals surface area contributed by atoms with Crippen molar-refractivity contribution >= 4 is 5.91 Å². The molecule has 4 rings (SSSR count). The third-order valence-electron chi connectivity index (χ3n) is 5.33. The Morgan fingerprint density at radius 1 is 1.12 bits per heavy atom. The minimum absolute atomic E-state index is 0.0125. The van der Waals surface area contributed by atoms with E-state index in [-0.39, 0.29) is 34.8 Å². The number of carbonyl (C=O) groups is 1. The van der Waals surface area contributed by atoms with Gasteiger partial charge in [-0.05, 0) is 49.2 Å². The molecule has 1 aromatic heterocycles. The molecular weight excluding hydrogens is 425 g/mol. The lowest BCUT2D eigenvalue weighted by molar-refractivity contribution is -0.0501. The van der Waals surface area contributed by atoms with E-state index in [0.29, 0.717) is 12.4 Å². The second kappa shape index (κ2) is 9.71. The number of rotatable bonds is 8. The van der Waals surface area contributed by atoms with Crippen LogP contribution in [0, 0.1) is 11.7 Å². The van der Waals surface area contributed by atoms with E-state index in [1.807, 2.05) is 0 Å². The third kappa shape index (κ3) is 5.01. The zero-order chi connectivity index (χ0) is 22.5. The summed E-state index contributed by atoms with van der Waals surface area (Å²) in [6, 6.07) is 9.83. The molecule has 1 saturated carbocycles. The van der Waals surface area contributed by atoms with Crippen LogP contribution in [0.5, 0.6) is 11.5 Å². The van der Waals surface area contributed by atoms with Crippen LogP contribution in [0.4, 0.5) is 13.2 Å². The van der Waals surface area contributed by atoms with Gasteiger partial charge in [-0.25, -0.2) is 4.39 Å². The van der Waals surface area contributed by atoms with Gasteiger partial charge >= 0.3 is 6.61 Å². The van der Waals surface area contributed by atoms with Crippen molar-refractivity contribution in [1.29, 1.82) is 0 Å². The highest BCUT2D eigenvalue weighted by molar-refractivity contribution is 6.00. The average molecular weight is 446 g/mol. The van der Waals surface area contributed by atoms with Gasteiger partial charge in [0.1, 0.15) is 28.6 Å². The number of hydrogen-bond donors (Lipinski definition) is 1. The van der Waals surface area contributed by atoms with Crippen LogP contribution in [-0.4, -0.2) is 40.2 Å². The van der Waals surface area contributed by atoms with Crippen LogP contribution in [0.2, 0.25) is 0 Å². The van der Waals surface area contributed by atoms with Crippen LogP contribution < -0.4 is 14.8 Å². The van der Waals surface area contributed by atoms with Crippen molar-refractivity contribution in [2.45, 2.75) is 31.9 Å². The van der Waals surface area contributed by atoms with Crippen molar-refractivity contribution in [1.82, 2.24) is 20.3 Å². The minimum Gasteiger partial charge on any atom is -0.493 e. The van der Waals surface area contributed by atoms with E-state index in [9.17, 15) is 18.0 Å². The third-order valence-corrected chi connectivity index (χ3v) is 5.33. The first-order valence-electron chi connectivity index (χ1n) is 10.1. The van der Waals surface area contributed by atoms with Crippen LogP contribution in [0.1, 0.15) is 29.6 Å². The van der Waals surface area contributed by atoms with Crippen LogP contribution >= 0.6 is 0 Å². The maximum Gasteiger partial charge on any atom is 0.387 e. The van der Waals surface area contributed by atoms with E-state index in [0.717, 1.165) is 19.3 Å². The highest BCUT2D eigenvalue weighted by atomic mass is 19.3. The Kier molecular flexibility index (Phi) is 6.58. The van der Waals surface area contributed by atoms with Crippen molar-refractivity contribution in [2.75, 3.05) is 6.61 Å². The summed E-state index contributed by atoms with van der Waals surface area (Å²) < 4.78 is 49.3. The molecule has 0 aliphatic heterocycles. The van der Waals surface area contributed by atoms with Crippen molar-refractivity contribution in [3.05, 3.63) is 66.2 Å². The molecule has 32 heavy (non-hydrogen) atoms. The van der Waals surface area contributed by atoms with Crippen molar-refractivity contribution in [3.63, 3.8) is 0 Å². The van der Waals surface area contributed by atoms with Gasteiger partial charge in [0.2, 0.25) is 0 Å². The second-order valence-electron chi connectivity index (χ2n) is 7.38. The van der Waals surface area contributed by atoms with E-state index in [4.69, 9.17) is 4.74 Å². The topological polar surface area (TPSA) is 78.3 Å². The van der Waals surface area contributed by atoms with Gasteiger partial charge in [-0.2, -0.15) is 23.8 Å². The summed E-state index contributed by atoms with van der Waals surface area (Å²) >= 11 is 0. The molecule has 1 amide bonds. The molecule has 7 nitrogen and oxygen atoms in total. The fraction of sp³-hybridized carbons (Fsp3) is 0.318. The highest BCUT2D eigenvalue weighted by Gasteiger charge is 2.31. The van der Waals surface area contributed by atoms with Crippen LogP contribution in [0.15, 0.2) is 54.9 Å². The fourth-order valence-electron chi connectivity index (χ4n) is 3.85. The molecule has 1 fully saturated rings.